The zero-order valence-corrected chi connectivity index (χ0v) is 15.8. The number of aromatic nitrogens is 2. The molecule has 6 heteroatoms. The minimum atomic E-state index is -0.383. The number of rotatable bonds is 5. The summed E-state index contributed by atoms with van der Waals surface area (Å²) in [5, 5.41) is 1.18. The molecule has 0 bridgehead atoms. The fourth-order valence-corrected chi connectivity index (χ4v) is 3.41. The third kappa shape index (κ3) is 3.80. The molecular weight excluding hydrogens is 346 g/mol. The van der Waals surface area contributed by atoms with E-state index in [0.717, 1.165) is 5.56 Å². The molecule has 0 saturated carbocycles. The van der Waals surface area contributed by atoms with Crippen LogP contribution in [-0.2, 0) is 4.79 Å². The lowest BCUT2D eigenvalue weighted by Crippen LogP contribution is -2.37. The molecule has 1 unspecified atom stereocenters. The lowest BCUT2D eigenvalue weighted by atomic mass is 10.0. The number of hydrogen-bond acceptors (Lipinski definition) is 4. The largest absolute Gasteiger partial charge is 0.281 e. The average molecular weight is 367 g/mol. The Labute approximate surface area is 156 Å². The van der Waals surface area contributed by atoms with Crippen LogP contribution < -0.4 is 11.0 Å². The van der Waals surface area contributed by atoms with Crippen molar-refractivity contribution in [3.8, 4) is 0 Å². The zero-order chi connectivity index (χ0) is 18.7. The van der Waals surface area contributed by atoms with E-state index in [1.807, 2.05) is 57.2 Å². The second kappa shape index (κ2) is 7.74. The van der Waals surface area contributed by atoms with Gasteiger partial charge in [-0.25, -0.2) is 4.98 Å². The van der Waals surface area contributed by atoms with E-state index in [1.165, 1.54) is 16.4 Å². The molecule has 1 amide bonds. The number of hydrogen-bond donors (Lipinski definition) is 1. The quantitative estimate of drug-likeness (QED) is 0.551. The highest BCUT2D eigenvalue weighted by molar-refractivity contribution is 7.99. The number of carbonyl (C=O) groups is 1. The van der Waals surface area contributed by atoms with Crippen LogP contribution in [0.3, 0.4) is 0 Å². The van der Waals surface area contributed by atoms with Gasteiger partial charge in [-0.2, -0.15) is 4.68 Å². The van der Waals surface area contributed by atoms with E-state index >= 15 is 0 Å². The van der Waals surface area contributed by atoms with E-state index in [-0.39, 0.29) is 22.6 Å². The van der Waals surface area contributed by atoms with E-state index in [2.05, 4.69) is 10.4 Å². The summed E-state index contributed by atoms with van der Waals surface area (Å²) >= 11 is 1.44. The summed E-state index contributed by atoms with van der Waals surface area (Å²) in [5.74, 6) is -0.632. The monoisotopic (exact) mass is 367 g/mol. The molecule has 5 nitrogen and oxygen atoms in total. The van der Waals surface area contributed by atoms with Crippen LogP contribution in [0.2, 0.25) is 0 Å². The second-order valence-corrected chi connectivity index (χ2v) is 7.87. The molecule has 1 aromatic heterocycles. The molecule has 1 atom stereocenters. The van der Waals surface area contributed by atoms with E-state index in [9.17, 15) is 9.59 Å². The summed E-state index contributed by atoms with van der Waals surface area (Å²) in [5.41, 5.74) is 4.01. The van der Waals surface area contributed by atoms with Gasteiger partial charge in [0.15, 0.2) is 5.16 Å². The summed E-state index contributed by atoms with van der Waals surface area (Å²) in [6.45, 7) is 5.86. The molecule has 0 aliphatic heterocycles. The fourth-order valence-electron chi connectivity index (χ4n) is 2.60. The van der Waals surface area contributed by atoms with Crippen LogP contribution in [0.5, 0.6) is 0 Å². The molecular formula is C20H21N3O2S. The molecule has 1 heterocycles. The van der Waals surface area contributed by atoms with Crippen molar-refractivity contribution in [3.63, 3.8) is 0 Å². The predicted molar refractivity (Wildman–Crippen MR) is 106 cm³/mol. The highest BCUT2D eigenvalue weighted by Crippen LogP contribution is 2.22. The van der Waals surface area contributed by atoms with Crippen molar-refractivity contribution in [2.24, 2.45) is 0 Å². The zero-order valence-electron chi connectivity index (χ0n) is 15.0. The number of para-hydroxylation sites is 1. The van der Waals surface area contributed by atoms with Crippen molar-refractivity contribution in [2.75, 3.05) is 5.43 Å². The van der Waals surface area contributed by atoms with Crippen LogP contribution in [0.25, 0.3) is 10.9 Å². The standard InChI is InChI=1S/C20H21N3O2S/c1-13(2)26-20-21-17-12-8-7-11-16(17)19(25)23(20)22-18(24)14(3)15-9-5-4-6-10-15/h4-14H,1-3H3,(H,22,24). The Hall–Kier alpha value is -2.60. The first-order chi connectivity index (χ1) is 12.5. The molecule has 3 aromatic rings. The Morgan fingerprint density at radius 2 is 1.69 bits per heavy atom. The average Bonchev–Trinajstić information content (AvgIpc) is 2.64. The molecule has 0 fully saturated rings. The van der Waals surface area contributed by atoms with Crippen molar-refractivity contribution < 1.29 is 4.79 Å². The lowest BCUT2D eigenvalue weighted by molar-refractivity contribution is -0.118. The van der Waals surface area contributed by atoms with Crippen LogP contribution >= 0.6 is 11.8 Å². The Kier molecular flexibility index (Phi) is 5.42. The van der Waals surface area contributed by atoms with E-state index in [1.54, 1.807) is 18.2 Å². The predicted octanol–water partition coefficient (Wildman–Crippen LogP) is 3.77. The minimum absolute atomic E-state index is 0.220. The first-order valence-electron chi connectivity index (χ1n) is 8.51. The van der Waals surface area contributed by atoms with Crippen molar-refractivity contribution in [1.29, 1.82) is 0 Å². The van der Waals surface area contributed by atoms with Crippen LogP contribution in [0, 0.1) is 0 Å². The smallest absolute Gasteiger partial charge is 0.273 e. The van der Waals surface area contributed by atoms with Crippen molar-refractivity contribution >= 4 is 28.6 Å². The van der Waals surface area contributed by atoms with Gasteiger partial charge in [0.25, 0.3) is 5.56 Å². The third-order valence-corrected chi connectivity index (χ3v) is 4.96. The normalized spacial score (nSPS) is 12.3. The summed E-state index contributed by atoms with van der Waals surface area (Å²) in [7, 11) is 0. The van der Waals surface area contributed by atoms with Gasteiger partial charge in [0.2, 0.25) is 5.91 Å². The number of nitrogens with one attached hydrogen (secondary N) is 1. The Morgan fingerprint density at radius 1 is 1.04 bits per heavy atom. The van der Waals surface area contributed by atoms with Crippen LogP contribution in [0.4, 0.5) is 0 Å². The van der Waals surface area contributed by atoms with Crippen molar-refractivity contribution in [3.05, 3.63) is 70.5 Å². The van der Waals surface area contributed by atoms with E-state index in [4.69, 9.17) is 0 Å². The summed E-state index contributed by atoms with van der Waals surface area (Å²) < 4.78 is 1.27. The topological polar surface area (TPSA) is 64.0 Å². The Morgan fingerprint density at radius 3 is 2.38 bits per heavy atom. The number of amides is 1. The molecule has 2 aromatic carbocycles. The summed E-state index contributed by atoms with van der Waals surface area (Å²) in [6.07, 6.45) is 0. The van der Waals surface area contributed by atoms with Crippen LogP contribution in [-0.4, -0.2) is 20.8 Å². The van der Waals surface area contributed by atoms with Gasteiger partial charge in [-0.05, 0) is 24.6 Å². The molecule has 3 rings (SSSR count). The first-order valence-corrected chi connectivity index (χ1v) is 9.39. The van der Waals surface area contributed by atoms with Gasteiger partial charge in [0, 0.05) is 5.25 Å². The maximum Gasteiger partial charge on any atom is 0.281 e. The number of nitrogens with zero attached hydrogens (tertiary/aromatic N) is 2. The molecule has 1 N–H and O–H groups in total. The molecule has 0 saturated heterocycles. The highest BCUT2D eigenvalue weighted by atomic mass is 32.2. The number of fused-ring (bicyclic) bond motifs is 1. The molecule has 0 radical (unpaired) electrons. The number of carbonyl (C=O) groups excluding carboxylic acids is 1. The second-order valence-electron chi connectivity index (χ2n) is 6.33. The Bertz CT molecular complexity index is 983. The van der Waals surface area contributed by atoms with Crippen molar-refractivity contribution in [2.45, 2.75) is 37.1 Å². The van der Waals surface area contributed by atoms with Gasteiger partial charge in [-0.3, -0.25) is 15.0 Å². The van der Waals surface area contributed by atoms with Crippen LogP contribution in [0.15, 0.2) is 64.5 Å². The molecule has 0 aliphatic carbocycles. The molecule has 134 valence electrons. The van der Waals surface area contributed by atoms with Gasteiger partial charge in [-0.1, -0.05) is 68.1 Å². The van der Waals surface area contributed by atoms with Gasteiger partial charge < -0.3 is 0 Å². The molecule has 0 spiro atoms. The van der Waals surface area contributed by atoms with E-state index in [0.29, 0.717) is 16.1 Å². The van der Waals surface area contributed by atoms with Gasteiger partial charge in [0.05, 0.1) is 16.8 Å². The van der Waals surface area contributed by atoms with E-state index < -0.39 is 0 Å². The first kappa shape index (κ1) is 18.2. The number of benzene rings is 2. The highest BCUT2D eigenvalue weighted by Gasteiger charge is 2.19. The van der Waals surface area contributed by atoms with Gasteiger partial charge >= 0.3 is 0 Å². The van der Waals surface area contributed by atoms with Gasteiger partial charge in [-0.15, -0.1) is 0 Å². The van der Waals surface area contributed by atoms with Crippen molar-refractivity contribution in [1.82, 2.24) is 9.66 Å². The third-order valence-electron chi connectivity index (χ3n) is 4.00. The van der Waals surface area contributed by atoms with Gasteiger partial charge in [0.1, 0.15) is 0 Å². The maximum absolute atomic E-state index is 12.9. The number of thioether (sulfide) groups is 1. The fraction of sp³-hybridized carbons (Fsp3) is 0.250. The minimum Gasteiger partial charge on any atom is -0.273 e. The molecule has 0 aliphatic rings. The SMILES string of the molecule is CC(C)Sc1nc2ccccc2c(=O)n1NC(=O)C(C)c1ccccc1. The Balaban J connectivity index is 2.01. The lowest BCUT2D eigenvalue weighted by Gasteiger charge is -2.17. The molecule has 26 heavy (non-hydrogen) atoms. The summed E-state index contributed by atoms with van der Waals surface area (Å²) in [6, 6.07) is 16.6. The maximum atomic E-state index is 12.9. The summed E-state index contributed by atoms with van der Waals surface area (Å²) in [4.78, 5) is 30.2. The van der Waals surface area contributed by atoms with Crippen LogP contribution in [0.1, 0.15) is 32.3 Å².